The van der Waals surface area contributed by atoms with Gasteiger partial charge in [0.05, 0.1) is 0 Å². The highest BCUT2D eigenvalue weighted by Crippen LogP contribution is 2.24. The quantitative estimate of drug-likeness (QED) is 0.738. The second kappa shape index (κ2) is 5.28. The number of likely N-dealkylation sites (tertiary alicyclic amines) is 1. The minimum atomic E-state index is 0.831. The van der Waals surface area contributed by atoms with E-state index in [0.29, 0.717) is 0 Å². The van der Waals surface area contributed by atoms with Crippen LogP contribution in [0.1, 0.15) is 19.8 Å². The minimum absolute atomic E-state index is 0.831. The zero-order valence-electron chi connectivity index (χ0n) is 10.2. The molecule has 88 valence electrons. The predicted octanol–water partition coefficient (Wildman–Crippen LogP) is 0.622. The van der Waals surface area contributed by atoms with Gasteiger partial charge in [0, 0.05) is 38.8 Å². The van der Waals surface area contributed by atoms with E-state index in [1.54, 1.807) is 0 Å². The van der Waals surface area contributed by atoms with Crippen molar-refractivity contribution in [1.29, 1.82) is 0 Å². The third kappa shape index (κ3) is 2.71. The molecular formula is C12H25N3. The van der Waals surface area contributed by atoms with Gasteiger partial charge in [0.2, 0.25) is 0 Å². The molecular weight excluding hydrogens is 186 g/mol. The van der Waals surface area contributed by atoms with E-state index in [4.69, 9.17) is 0 Å². The number of nitrogens with one attached hydrogen (secondary N) is 1. The zero-order valence-corrected chi connectivity index (χ0v) is 10.2. The molecule has 0 bridgehead atoms. The fraction of sp³-hybridized carbons (Fsp3) is 1.00. The van der Waals surface area contributed by atoms with E-state index in [1.165, 1.54) is 52.1 Å². The van der Waals surface area contributed by atoms with Gasteiger partial charge in [-0.15, -0.1) is 0 Å². The first-order valence-corrected chi connectivity index (χ1v) is 6.44. The van der Waals surface area contributed by atoms with Crippen LogP contribution in [0.15, 0.2) is 0 Å². The molecule has 3 nitrogen and oxygen atoms in total. The molecule has 0 aliphatic carbocycles. The van der Waals surface area contributed by atoms with Crippen LogP contribution < -0.4 is 5.32 Å². The Morgan fingerprint density at radius 2 is 2.00 bits per heavy atom. The van der Waals surface area contributed by atoms with Crippen LogP contribution in [0.2, 0.25) is 0 Å². The van der Waals surface area contributed by atoms with E-state index < -0.39 is 0 Å². The third-order valence-electron chi connectivity index (χ3n) is 4.01. The summed E-state index contributed by atoms with van der Waals surface area (Å²) in [6, 6.07) is 0.831. The van der Waals surface area contributed by atoms with Gasteiger partial charge in [-0.2, -0.15) is 0 Å². The number of rotatable bonds is 3. The van der Waals surface area contributed by atoms with Crippen LogP contribution in [0.5, 0.6) is 0 Å². The van der Waals surface area contributed by atoms with Crippen molar-refractivity contribution in [3.05, 3.63) is 0 Å². The molecule has 0 saturated carbocycles. The highest BCUT2D eigenvalue weighted by atomic mass is 15.2. The van der Waals surface area contributed by atoms with E-state index in [2.05, 4.69) is 29.1 Å². The van der Waals surface area contributed by atoms with E-state index in [-0.39, 0.29) is 0 Å². The fourth-order valence-corrected chi connectivity index (χ4v) is 3.19. The molecule has 2 aliphatic heterocycles. The summed E-state index contributed by atoms with van der Waals surface area (Å²) in [5.41, 5.74) is 0. The van der Waals surface area contributed by atoms with Crippen molar-refractivity contribution in [2.24, 2.45) is 5.92 Å². The second-order valence-corrected chi connectivity index (χ2v) is 5.07. The monoisotopic (exact) mass is 211 g/mol. The number of nitrogens with zero attached hydrogens (tertiary/aromatic N) is 2. The van der Waals surface area contributed by atoms with E-state index in [9.17, 15) is 0 Å². The van der Waals surface area contributed by atoms with Crippen LogP contribution >= 0.6 is 0 Å². The summed E-state index contributed by atoms with van der Waals surface area (Å²) in [6.07, 6.45) is 2.72. The van der Waals surface area contributed by atoms with Gasteiger partial charge in [-0.1, -0.05) is 6.92 Å². The molecule has 2 atom stereocenters. The lowest BCUT2D eigenvalue weighted by Gasteiger charge is -2.37. The smallest absolute Gasteiger partial charge is 0.0135 e. The van der Waals surface area contributed by atoms with Crippen molar-refractivity contribution in [1.82, 2.24) is 15.1 Å². The highest BCUT2D eigenvalue weighted by molar-refractivity contribution is 4.86. The molecule has 0 aromatic rings. The Kier molecular flexibility index (Phi) is 4.00. The van der Waals surface area contributed by atoms with Gasteiger partial charge in [0.15, 0.2) is 0 Å². The van der Waals surface area contributed by atoms with Crippen LogP contribution in [-0.2, 0) is 0 Å². The molecule has 2 unspecified atom stereocenters. The summed E-state index contributed by atoms with van der Waals surface area (Å²) >= 11 is 0. The van der Waals surface area contributed by atoms with Gasteiger partial charge in [0.25, 0.3) is 0 Å². The molecule has 2 aliphatic rings. The lowest BCUT2D eigenvalue weighted by molar-refractivity contribution is 0.122. The number of piperazine rings is 1. The van der Waals surface area contributed by atoms with E-state index in [0.717, 1.165) is 12.0 Å². The average molecular weight is 211 g/mol. The van der Waals surface area contributed by atoms with Crippen molar-refractivity contribution in [2.75, 3.05) is 46.3 Å². The standard InChI is InChI=1S/C12H25N3/c1-3-12(11-4-7-14(2)10-11)15-8-5-13-6-9-15/h11-13H,3-10H2,1-2H3. The summed E-state index contributed by atoms with van der Waals surface area (Å²) in [6.45, 7) is 9.82. The summed E-state index contributed by atoms with van der Waals surface area (Å²) in [5, 5.41) is 3.44. The molecule has 0 aromatic heterocycles. The summed E-state index contributed by atoms with van der Waals surface area (Å²) in [7, 11) is 2.25. The Bertz CT molecular complexity index is 185. The van der Waals surface area contributed by atoms with Crippen molar-refractivity contribution in [2.45, 2.75) is 25.8 Å². The molecule has 2 rings (SSSR count). The van der Waals surface area contributed by atoms with Crippen molar-refractivity contribution >= 4 is 0 Å². The Balaban J connectivity index is 1.90. The van der Waals surface area contributed by atoms with Crippen LogP contribution in [0, 0.1) is 5.92 Å². The lowest BCUT2D eigenvalue weighted by Crippen LogP contribution is -2.51. The number of hydrogen-bond donors (Lipinski definition) is 1. The molecule has 1 N–H and O–H groups in total. The first kappa shape index (κ1) is 11.4. The van der Waals surface area contributed by atoms with Crippen molar-refractivity contribution in [3.63, 3.8) is 0 Å². The molecule has 15 heavy (non-hydrogen) atoms. The van der Waals surface area contributed by atoms with Gasteiger partial charge in [0.1, 0.15) is 0 Å². The molecule has 2 saturated heterocycles. The van der Waals surface area contributed by atoms with Gasteiger partial charge in [-0.3, -0.25) is 4.90 Å². The molecule has 3 heteroatoms. The first-order chi connectivity index (χ1) is 7.31. The maximum absolute atomic E-state index is 3.44. The van der Waals surface area contributed by atoms with E-state index >= 15 is 0 Å². The SMILES string of the molecule is CCC(C1CCN(C)C1)N1CCNCC1. The van der Waals surface area contributed by atoms with Crippen molar-refractivity contribution in [3.8, 4) is 0 Å². The predicted molar refractivity (Wildman–Crippen MR) is 64.1 cm³/mol. The molecule has 2 heterocycles. The van der Waals surface area contributed by atoms with Gasteiger partial charge in [-0.25, -0.2) is 0 Å². The average Bonchev–Trinajstić information content (AvgIpc) is 2.68. The van der Waals surface area contributed by atoms with Crippen LogP contribution in [0.3, 0.4) is 0 Å². The van der Waals surface area contributed by atoms with Gasteiger partial charge in [-0.05, 0) is 32.4 Å². The summed E-state index contributed by atoms with van der Waals surface area (Å²) < 4.78 is 0. The maximum atomic E-state index is 3.44. The maximum Gasteiger partial charge on any atom is 0.0135 e. The number of hydrogen-bond acceptors (Lipinski definition) is 3. The normalized spacial score (nSPS) is 32.0. The molecule has 0 spiro atoms. The Hall–Kier alpha value is -0.120. The molecule has 0 amide bonds. The molecule has 0 radical (unpaired) electrons. The largest absolute Gasteiger partial charge is 0.314 e. The topological polar surface area (TPSA) is 18.5 Å². The minimum Gasteiger partial charge on any atom is -0.314 e. The summed E-state index contributed by atoms with van der Waals surface area (Å²) in [5.74, 6) is 0.915. The van der Waals surface area contributed by atoms with Crippen LogP contribution in [-0.4, -0.2) is 62.2 Å². The summed E-state index contributed by atoms with van der Waals surface area (Å²) in [4.78, 5) is 5.19. The van der Waals surface area contributed by atoms with Crippen molar-refractivity contribution < 1.29 is 0 Å². The molecule has 2 fully saturated rings. The Morgan fingerprint density at radius 1 is 1.27 bits per heavy atom. The Labute approximate surface area is 93.8 Å². The lowest BCUT2D eigenvalue weighted by atomic mass is 9.94. The second-order valence-electron chi connectivity index (χ2n) is 5.07. The Morgan fingerprint density at radius 3 is 2.53 bits per heavy atom. The fourth-order valence-electron chi connectivity index (χ4n) is 3.19. The van der Waals surface area contributed by atoms with E-state index in [1.807, 2.05) is 0 Å². The highest BCUT2D eigenvalue weighted by Gasteiger charge is 2.30. The molecule has 0 aromatic carbocycles. The van der Waals surface area contributed by atoms with Crippen LogP contribution in [0.25, 0.3) is 0 Å². The zero-order chi connectivity index (χ0) is 10.7. The van der Waals surface area contributed by atoms with Gasteiger partial charge >= 0.3 is 0 Å². The van der Waals surface area contributed by atoms with Gasteiger partial charge < -0.3 is 10.2 Å². The van der Waals surface area contributed by atoms with Crippen LogP contribution in [0.4, 0.5) is 0 Å². The first-order valence-electron chi connectivity index (χ1n) is 6.44. The third-order valence-corrected chi connectivity index (χ3v) is 4.01.